The van der Waals surface area contributed by atoms with Gasteiger partial charge in [0.2, 0.25) is 0 Å². The summed E-state index contributed by atoms with van der Waals surface area (Å²) >= 11 is 0. The van der Waals surface area contributed by atoms with Crippen LogP contribution in [0.1, 0.15) is 82.9 Å². The normalized spacial score (nSPS) is 13.2. The third-order valence-corrected chi connectivity index (χ3v) is 5.17. The minimum atomic E-state index is 0.153. The van der Waals surface area contributed by atoms with Gasteiger partial charge in [0.15, 0.2) is 0 Å². The summed E-state index contributed by atoms with van der Waals surface area (Å²) in [7, 11) is 0. The lowest BCUT2D eigenvalue weighted by molar-refractivity contribution is 0.117. The molecule has 0 spiro atoms. The Morgan fingerprint density at radius 2 is 1.67 bits per heavy atom. The molecule has 138 valence electrons. The van der Waals surface area contributed by atoms with Gasteiger partial charge in [0.05, 0.1) is 0 Å². The standard InChI is InChI=1S/C22H38O2/c1-7-8-13-24-14-11-17(2)10-9-12-22(5,6)20-15-18(3)21(23)19(4)16-20/h15-17,23H,7-14H2,1-6H3. The lowest BCUT2D eigenvalue weighted by Gasteiger charge is -2.27. The van der Waals surface area contributed by atoms with Gasteiger partial charge in [0, 0.05) is 13.2 Å². The number of phenols is 1. The second-order valence-electron chi connectivity index (χ2n) is 8.09. The molecule has 1 rings (SSSR count). The summed E-state index contributed by atoms with van der Waals surface area (Å²) in [6.45, 7) is 15.0. The van der Waals surface area contributed by atoms with E-state index in [0.29, 0.717) is 5.75 Å². The molecule has 0 amide bonds. The quantitative estimate of drug-likeness (QED) is 0.481. The zero-order valence-electron chi connectivity index (χ0n) is 16.7. The van der Waals surface area contributed by atoms with Crippen LogP contribution in [0.4, 0.5) is 0 Å². The van der Waals surface area contributed by atoms with Crippen LogP contribution in [0.5, 0.6) is 5.75 Å². The third kappa shape index (κ3) is 6.84. The lowest BCUT2D eigenvalue weighted by Crippen LogP contribution is -2.18. The fourth-order valence-electron chi connectivity index (χ4n) is 3.16. The molecule has 0 aromatic heterocycles. The Kier molecular flexibility index (Phi) is 8.83. The smallest absolute Gasteiger partial charge is 0.121 e. The molecule has 1 unspecified atom stereocenters. The summed E-state index contributed by atoms with van der Waals surface area (Å²) in [4.78, 5) is 0. The van der Waals surface area contributed by atoms with Crippen molar-refractivity contribution < 1.29 is 9.84 Å². The molecule has 0 saturated heterocycles. The summed E-state index contributed by atoms with van der Waals surface area (Å²) in [5, 5.41) is 9.97. The summed E-state index contributed by atoms with van der Waals surface area (Å²) < 4.78 is 5.68. The van der Waals surface area contributed by atoms with Gasteiger partial charge in [-0.25, -0.2) is 0 Å². The fraction of sp³-hybridized carbons (Fsp3) is 0.727. The van der Waals surface area contributed by atoms with Crippen molar-refractivity contribution in [3.05, 3.63) is 28.8 Å². The zero-order chi connectivity index (χ0) is 18.2. The number of unbranched alkanes of at least 4 members (excludes halogenated alkanes) is 1. The Balaban J connectivity index is 2.40. The fourth-order valence-corrected chi connectivity index (χ4v) is 3.16. The van der Waals surface area contributed by atoms with Crippen molar-refractivity contribution in [1.82, 2.24) is 0 Å². The van der Waals surface area contributed by atoms with Crippen molar-refractivity contribution in [1.29, 1.82) is 0 Å². The maximum atomic E-state index is 9.97. The van der Waals surface area contributed by atoms with Crippen LogP contribution in [-0.2, 0) is 10.2 Å². The minimum absolute atomic E-state index is 0.153. The molecule has 2 heteroatoms. The van der Waals surface area contributed by atoms with Crippen LogP contribution in [0.15, 0.2) is 12.1 Å². The number of hydrogen-bond acceptors (Lipinski definition) is 2. The largest absolute Gasteiger partial charge is 0.507 e. The van der Waals surface area contributed by atoms with Gasteiger partial charge in [-0.2, -0.15) is 0 Å². The molecule has 1 aromatic carbocycles. The van der Waals surface area contributed by atoms with Crippen LogP contribution in [0, 0.1) is 19.8 Å². The highest BCUT2D eigenvalue weighted by molar-refractivity contribution is 5.44. The van der Waals surface area contributed by atoms with E-state index in [1.807, 2.05) is 13.8 Å². The second-order valence-corrected chi connectivity index (χ2v) is 8.09. The van der Waals surface area contributed by atoms with Crippen molar-refractivity contribution >= 4 is 0 Å². The van der Waals surface area contributed by atoms with Crippen molar-refractivity contribution in [2.24, 2.45) is 5.92 Å². The molecule has 24 heavy (non-hydrogen) atoms. The number of phenolic OH excluding ortho intramolecular Hbond substituents is 1. The Morgan fingerprint density at radius 3 is 2.25 bits per heavy atom. The van der Waals surface area contributed by atoms with Gasteiger partial charge in [0.1, 0.15) is 5.75 Å². The molecule has 1 N–H and O–H groups in total. The first-order valence-electron chi connectivity index (χ1n) is 9.66. The SMILES string of the molecule is CCCCOCCC(C)CCCC(C)(C)c1cc(C)c(O)c(C)c1. The predicted octanol–water partition coefficient (Wildman–Crippen LogP) is 6.30. The highest BCUT2D eigenvalue weighted by Crippen LogP contribution is 2.34. The van der Waals surface area contributed by atoms with Gasteiger partial charge in [-0.15, -0.1) is 0 Å². The molecular weight excluding hydrogens is 296 g/mol. The van der Waals surface area contributed by atoms with Crippen LogP contribution >= 0.6 is 0 Å². The molecule has 0 bridgehead atoms. The van der Waals surface area contributed by atoms with E-state index in [9.17, 15) is 5.11 Å². The van der Waals surface area contributed by atoms with Crippen molar-refractivity contribution in [3.8, 4) is 5.75 Å². The highest BCUT2D eigenvalue weighted by atomic mass is 16.5. The van der Waals surface area contributed by atoms with Gasteiger partial charge in [-0.1, -0.05) is 59.1 Å². The molecule has 0 heterocycles. The first kappa shape index (κ1) is 21.0. The van der Waals surface area contributed by atoms with Crippen LogP contribution < -0.4 is 0 Å². The summed E-state index contributed by atoms with van der Waals surface area (Å²) in [5.41, 5.74) is 3.46. The summed E-state index contributed by atoms with van der Waals surface area (Å²) in [5.74, 6) is 1.16. The van der Waals surface area contributed by atoms with Gasteiger partial charge in [0.25, 0.3) is 0 Å². The molecule has 0 aliphatic rings. The Hall–Kier alpha value is -1.02. The van der Waals surface area contributed by atoms with Crippen LogP contribution in [0.3, 0.4) is 0 Å². The van der Waals surface area contributed by atoms with E-state index in [1.165, 1.54) is 44.1 Å². The number of rotatable bonds is 11. The van der Waals surface area contributed by atoms with E-state index >= 15 is 0 Å². The maximum Gasteiger partial charge on any atom is 0.121 e. The molecular formula is C22H38O2. The van der Waals surface area contributed by atoms with E-state index in [1.54, 1.807) is 0 Å². The Bertz CT molecular complexity index is 468. The molecule has 1 atom stereocenters. The van der Waals surface area contributed by atoms with Crippen LogP contribution in [0.2, 0.25) is 0 Å². The number of aryl methyl sites for hydroxylation is 2. The second kappa shape index (κ2) is 10.1. The molecule has 0 fully saturated rings. The number of hydrogen-bond donors (Lipinski definition) is 1. The number of benzene rings is 1. The van der Waals surface area contributed by atoms with Crippen molar-refractivity contribution in [2.75, 3.05) is 13.2 Å². The van der Waals surface area contributed by atoms with Gasteiger partial charge in [-0.05, 0) is 61.1 Å². The van der Waals surface area contributed by atoms with Gasteiger partial charge in [-0.3, -0.25) is 0 Å². The van der Waals surface area contributed by atoms with E-state index in [2.05, 4.69) is 39.8 Å². The average molecular weight is 335 g/mol. The van der Waals surface area contributed by atoms with E-state index in [4.69, 9.17) is 4.74 Å². The van der Waals surface area contributed by atoms with E-state index in [0.717, 1.165) is 30.3 Å². The summed E-state index contributed by atoms with van der Waals surface area (Å²) in [6.07, 6.45) is 7.23. The number of aromatic hydroxyl groups is 1. The van der Waals surface area contributed by atoms with Gasteiger partial charge >= 0.3 is 0 Å². The first-order chi connectivity index (χ1) is 11.3. The topological polar surface area (TPSA) is 29.5 Å². The Labute approximate surface area is 149 Å². The molecule has 0 saturated carbocycles. The average Bonchev–Trinajstić information content (AvgIpc) is 2.51. The van der Waals surface area contributed by atoms with Crippen molar-refractivity contribution in [3.63, 3.8) is 0 Å². The van der Waals surface area contributed by atoms with Crippen LogP contribution in [-0.4, -0.2) is 18.3 Å². The van der Waals surface area contributed by atoms with E-state index in [-0.39, 0.29) is 5.41 Å². The van der Waals surface area contributed by atoms with Gasteiger partial charge < -0.3 is 9.84 Å². The van der Waals surface area contributed by atoms with Crippen molar-refractivity contribution in [2.45, 2.75) is 85.5 Å². The molecule has 0 radical (unpaired) electrons. The molecule has 0 aliphatic heterocycles. The monoisotopic (exact) mass is 334 g/mol. The maximum absolute atomic E-state index is 9.97. The Morgan fingerprint density at radius 1 is 1.04 bits per heavy atom. The number of ether oxygens (including phenoxy) is 1. The van der Waals surface area contributed by atoms with Crippen LogP contribution in [0.25, 0.3) is 0 Å². The highest BCUT2D eigenvalue weighted by Gasteiger charge is 2.22. The predicted molar refractivity (Wildman–Crippen MR) is 104 cm³/mol. The molecule has 1 aromatic rings. The molecule has 0 aliphatic carbocycles. The third-order valence-electron chi connectivity index (χ3n) is 5.17. The minimum Gasteiger partial charge on any atom is -0.507 e. The molecule has 2 nitrogen and oxygen atoms in total. The lowest BCUT2D eigenvalue weighted by atomic mass is 9.78. The van der Waals surface area contributed by atoms with E-state index < -0.39 is 0 Å². The zero-order valence-corrected chi connectivity index (χ0v) is 16.7. The summed E-state index contributed by atoms with van der Waals surface area (Å²) in [6, 6.07) is 4.29. The first-order valence-corrected chi connectivity index (χ1v) is 9.66.